The van der Waals surface area contributed by atoms with Gasteiger partial charge in [-0.05, 0) is 78.8 Å². The molecule has 4 aliphatic rings. The number of carbonyl (C=O) groups is 3. The Hall–Kier alpha value is -4.06. The highest BCUT2D eigenvalue weighted by molar-refractivity contribution is 8.00. The largest absolute Gasteiger partial charge is 0.497 e. The summed E-state index contributed by atoms with van der Waals surface area (Å²) in [5.41, 5.74) is 2.02. The number of carbonyl (C=O) groups excluding carboxylic acids is 3. The number of thiazole rings is 1. The number of para-hydroxylation sites is 1. The van der Waals surface area contributed by atoms with Crippen LogP contribution in [0, 0.1) is 29.6 Å². The Morgan fingerprint density at radius 3 is 2.43 bits per heavy atom. The third-order valence-corrected chi connectivity index (χ3v) is 12.6. The maximum Gasteiger partial charge on any atom is 0.305 e. The molecule has 3 aromatic carbocycles. The number of imide groups is 1. The predicted molar refractivity (Wildman–Crippen MR) is 176 cm³/mol. The van der Waals surface area contributed by atoms with Crippen LogP contribution in [0.15, 0.2) is 82.6 Å². The number of nitrogens with one attached hydrogen (secondary N) is 2. The lowest BCUT2D eigenvalue weighted by atomic mass is 9.68. The number of nitrogens with zero attached hydrogens (tertiary/aromatic N) is 1. The average Bonchev–Trinajstić information content (AvgIpc) is 3.80. The third kappa shape index (κ3) is 4.66. The Kier molecular flexibility index (Phi) is 7.23. The molecule has 4 unspecified atom stereocenters. The maximum atomic E-state index is 14.1. The molecule has 1 saturated heterocycles. The molecule has 2 aliphatic heterocycles. The number of ether oxygens (including phenoxy) is 2. The van der Waals surface area contributed by atoms with E-state index < -0.39 is 11.8 Å². The lowest BCUT2D eigenvalue weighted by Gasteiger charge is -2.43. The second-order valence-corrected chi connectivity index (χ2v) is 14.7. The zero-order chi connectivity index (χ0) is 31.7. The number of amides is 3. The molecule has 2 aliphatic carbocycles. The molecule has 9 nitrogen and oxygen atoms in total. The Morgan fingerprint density at radius 1 is 0.978 bits per heavy atom. The van der Waals surface area contributed by atoms with Crippen LogP contribution >= 0.6 is 34.7 Å². The number of hydrogen-bond acceptors (Lipinski definition) is 8. The van der Waals surface area contributed by atoms with Gasteiger partial charge in [0.1, 0.15) is 11.5 Å². The zero-order valence-electron chi connectivity index (χ0n) is 24.5. The molecule has 234 valence electrons. The van der Waals surface area contributed by atoms with E-state index >= 15 is 0 Å². The molecular weight excluding hydrogens is 646 g/mol. The number of aromatic amines is 1. The first kappa shape index (κ1) is 29.3. The van der Waals surface area contributed by atoms with Crippen molar-refractivity contribution in [3.8, 4) is 11.5 Å². The van der Waals surface area contributed by atoms with E-state index in [0.717, 1.165) is 21.9 Å². The monoisotopic (exact) mass is 673 g/mol. The van der Waals surface area contributed by atoms with E-state index in [4.69, 9.17) is 21.1 Å². The first-order chi connectivity index (χ1) is 22.3. The number of aromatic nitrogens is 1. The van der Waals surface area contributed by atoms with E-state index in [1.165, 1.54) is 16.2 Å². The van der Waals surface area contributed by atoms with Gasteiger partial charge in [-0.25, -0.2) is 0 Å². The molecule has 4 aromatic rings. The first-order valence-corrected chi connectivity index (χ1v) is 17.1. The Balaban J connectivity index is 1.11. The van der Waals surface area contributed by atoms with Crippen LogP contribution in [-0.2, 0) is 14.4 Å². The minimum Gasteiger partial charge on any atom is -0.497 e. The first-order valence-electron chi connectivity index (χ1n) is 15.0. The van der Waals surface area contributed by atoms with E-state index in [9.17, 15) is 19.2 Å². The highest BCUT2D eigenvalue weighted by atomic mass is 35.5. The van der Waals surface area contributed by atoms with E-state index in [-0.39, 0.29) is 58.1 Å². The molecule has 46 heavy (non-hydrogen) atoms. The summed E-state index contributed by atoms with van der Waals surface area (Å²) in [5, 5.41) is 4.24. The molecular formula is C34H28ClN3O6S2. The van der Waals surface area contributed by atoms with Gasteiger partial charge < -0.3 is 19.8 Å². The van der Waals surface area contributed by atoms with Crippen molar-refractivity contribution >= 4 is 63.8 Å². The molecule has 3 amide bonds. The van der Waals surface area contributed by atoms with Crippen molar-refractivity contribution in [2.75, 3.05) is 23.9 Å². The van der Waals surface area contributed by atoms with Gasteiger partial charge >= 0.3 is 4.87 Å². The maximum absolute atomic E-state index is 14.1. The number of halogens is 1. The fraction of sp³-hybridized carbons (Fsp3) is 0.294. The summed E-state index contributed by atoms with van der Waals surface area (Å²) in [5.74, 6) is -0.576. The summed E-state index contributed by atoms with van der Waals surface area (Å²) < 4.78 is 11.4. The van der Waals surface area contributed by atoms with Crippen LogP contribution < -0.4 is 24.6 Å². The van der Waals surface area contributed by atoms with Crippen LogP contribution in [0.2, 0.25) is 5.02 Å². The van der Waals surface area contributed by atoms with Crippen LogP contribution in [0.4, 0.5) is 11.4 Å². The summed E-state index contributed by atoms with van der Waals surface area (Å²) >= 11 is 8.78. The Bertz CT molecular complexity index is 1930. The van der Waals surface area contributed by atoms with Gasteiger partial charge in [0.2, 0.25) is 11.8 Å². The van der Waals surface area contributed by atoms with Gasteiger partial charge in [-0.3, -0.25) is 24.1 Å². The molecule has 0 spiro atoms. The fourth-order valence-electron chi connectivity index (χ4n) is 8.09. The number of thioether (sulfide) groups is 1. The van der Waals surface area contributed by atoms with Crippen LogP contribution in [0.5, 0.6) is 11.5 Å². The molecule has 3 heterocycles. The summed E-state index contributed by atoms with van der Waals surface area (Å²) in [7, 11) is 1.57. The summed E-state index contributed by atoms with van der Waals surface area (Å²) in [4.78, 5) is 58.7. The molecule has 2 N–H and O–H groups in total. The minimum absolute atomic E-state index is 0.00425. The summed E-state index contributed by atoms with van der Waals surface area (Å²) in [6.07, 6.45) is 0.772. The van der Waals surface area contributed by atoms with Crippen molar-refractivity contribution in [1.82, 2.24) is 4.98 Å². The summed E-state index contributed by atoms with van der Waals surface area (Å²) in [6, 6.07) is 21.4. The number of H-pyrrole nitrogens is 1. The smallest absolute Gasteiger partial charge is 0.305 e. The molecule has 3 fully saturated rings. The Labute approximate surface area is 277 Å². The van der Waals surface area contributed by atoms with Crippen molar-refractivity contribution < 1.29 is 23.9 Å². The zero-order valence-corrected chi connectivity index (χ0v) is 26.9. The van der Waals surface area contributed by atoms with Gasteiger partial charge in [-0.2, -0.15) is 0 Å². The number of anilines is 2. The third-order valence-electron chi connectivity index (χ3n) is 9.80. The highest BCUT2D eigenvalue weighted by Gasteiger charge is 2.69. The second kappa shape index (κ2) is 11.3. The van der Waals surface area contributed by atoms with Crippen LogP contribution in [0.3, 0.4) is 0 Å². The van der Waals surface area contributed by atoms with Crippen molar-refractivity contribution in [3.63, 3.8) is 0 Å². The van der Waals surface area contributed by atoms with Crippen molar-refractivity contribution in [2.45, 2.75) is 22.6 Å². The van der Waals surface area contributed by atoms with E-state index in [1.807, 2.05) is 24.3 Å². The van der Waals surface area contributed by atoms with Gasteiger partial charge in [0, 0.05) is 32.3 Å². The number of fused-ring (bicyclic) bond motifs is 9. The van der Waals surface area contributed by atoms with Crippen LogP contribution in [-0.4, -0.2) is 41.7 Å². The van der Waals surface area contributed by atoms with E-state index in [0.29, 0.717) is 27.9 Å². The van der Waals surface area contributed by atoms with E-state index in [2.05, 4.69) is 10.3 Å². The van der Waals surface area contributed by atoms with Gasteiger partial charge in [0.05, 0.1) is 29.7 Å². The fourth-order valence-corrected chi connectivity index (χ4v) is 11.1. The normalized spacial score (nSPS) is 27.3. The van der Waals surface area contributed by atoms with Gasteiger partial charge in [0.15, 0.2) is 6.61 Å². The molecule has 12 heteroatoms. The van der Waals surface area contributed by atoms with Gasteiger partial charge in [-0.15, -0.1) is 11.8 Å². The molecule has 8 rings (SSSR count). The highest BCUT2D eigenvalue weighted by Crippen LogP contribution is 2.69. The lowest BCUT2D eigenvalue weighted by Crippen LogP contribution is -2.42. The topological polar surface area (TPSA) is 118 Å². The average molecular weight is 674 g/mol. The molecule has 7 atom stereocenters. The van der Waals surface area contributed by atoms with Crippen molar-refractivity contribution in [1.29, 1.82) is 0 Å². The van der Waals surface area contributed by atoms with Gasteiger partial charge in [0.25, 0.3) is 5.91 Å². The minimum atomic E-state index is -0.431. The van der Waals surface area contributed by atoms with Crippen molar-refractivity contribution in [3.05, 3.63) is 97.9 Å². The van der Waals surface area contributed by atoms with E-state index in [1.54, 1.807) is 67.4 Å². The van der Waals surface area contributed by atoms with Gasteiger partial charge in [-0.1, -0.05) is 41.1 Å². The van der Waals surface area contributed by atoms with Crippen molar-refractivity contribution in [2.24, 2.45) is 29.6 Å². The summed E-state index contributed by atoms with van der Waals surface area (Å²) in [6.45, 7) is -0.216. The van der Waals surface area contributed by atoms with Crippen LogP contribution in [0.1, 0.15) is 22.8 Å². The molecule has 2 saturated carbocycles. The molecule has 1 aromatic heterocycles. The number of benzene rings is 3. The predicted octanol–water partition coefficient (Wildman–Crippen LogP) is 5.79. The second-order valence-electron chi connectivity index (χ2n) is 12.1. The number of methoxy groups -OCH3 is 1. The number of rotatable bonds is 7. The SMILES string of the molecule is COc1ccc(N2C(=O)C3C(C2=O)[C@@H]2C[C@H]3C3Sc4[nH]c(=O)sc4[C@H](c4ccccc4OCC(=O)Nc4ccc(Cl)cc4)C32)cc1. The van der Waals surface area contributed by atoms with Crippen LogP contribution in [0.25, 0.3) is 0 Å². The lowest BCUT2D eigenvalue weighted by molar-refractivity contribution is -0.123. The Morgan fingerprint density at radius 2 is 1.70 bits per heavy atom. The number of hydrogen-bond donors (Lipinski definition) is 2. The molecule has 0 radical (unpaired) electrons. The molecule has 2 bridgehead atoms. The quantitative estimate of drug-likeness (QED) is 0.238. The standard InChI is InChI=1S/C34H28ClN3O6S2/c1-43-19-12-10-18(11-13-19)38-32(40)27-21-14-22(28(27)33(38)41)29-26(21)25(30-31(45-29)37-34(42)46-30)20-4-2-3-5-23(20)44-15-24(39)36-17-8-6-16(35)7-9-17/h2-13,21-22,25-29H,14-15H2,1H3,(H,36,39)(H,37,42)/t21-,22-,25-,26?,27?,28?,29?/m1/s1.